The molecule has 0 bridgehead atoms. The van der Waals surface area contributed by atoms with Crippen LogP contribution in [-0.2, 0) is 0 Å². The lowest BCUT2D eigenvalue weighted by Crippen LogP contribution is -2.49. The molecule has 0 atom stereocenters. The largest absolute Gasteiger partial charge is 0.352 e. The number of piperazine rings is 1. The minimum absolute atomic E-state index is 0.244. The molecule has 6 rings (SSSR count). The average molecular weight is 498 g/mol. The van der Waals surface area contributed by atoms with Gasteiger partial charge in [-0.05, 0) is 36.4 Å². The van der Waals surface area contributed by atoms with E-state index in [9.17, 15) is 18.8 Å². The van der Waals surface area contributed by atoms with Crippen LogP contribution in [-0.4, -0.2) is 76.6 Å². The summed E-state index contributed by atoms with van der Waals surface area (Å²) in [6.45, 7) is 3.59. The molecule has 2 aliphatic rings. The lowest BCUT2D eigenvalue weighted by atomic mass is 10.1. The monoisotopic (exact) mass is 497 g/mol. The quantitative estimate of drug-likeness (QED) is 0.394. The molecule has 4 aromatic rings. The first kappa shape index (κ1) is 23.1. The first-order valence-corrected chi connectivity index (χ1v) is 12.2. The molecule has 37 heavy (non-hydrogen) atoms. The zero-order valence-corrected chi connectivity index (χ0v) is 20.0. The number of hydrogen-bond acceptors (Lipinski definition) is 6. The molecule has 186 valence electrons. The van der Waals surface area contributed by atoms with Crippen LogP contribution in [0.1, 0.15) is 31.1 Å². The van der Waals surface area contributed by atoms with Crippen LogP contribution >= 0.6 is 0 Å². The highest BCUT2D eigenvalue weighted by Crippen LogP contribution is 2.29. The van der Waals surface area contributed by atoms with E-state index in [2.05, 4.69) is 14.9 Å². The molecule has 8 nitrogen and oxygen atoms in total. The van der Waals surface area contributed by atoms with Crippen molar-refractivity contribution in [3.8, 4) is 0 Å². The highest BCUT2D eigenvalue weighted by atomic mass is 19.1. The van der Waals surface area contributed by atoms with Crippen LogP contribution in [0.25, 0.3) is 10.9 Å². The van der Waals surface area contributed by atoms with Crippen LogP contribution in [0.15, 0.2) is 72.8 Å². The van der Waals surface area contributed by atoms with Gasteiger partial charge in [0.1, 0.15) is 5.82 Å². The van der Waals surface area contributed by atoms with E-state index in [0.29, 0.717) is 72.7 Å². The van der Waals surface area contributed by atoms with Crippen LogP contribution in [0, 0.1) is 5.82 Å². The predicted molar refractivity (Wildman–Crippen MR) is 136 cm³/mol. The number of hydrogen-bond donors (Lipinski definition) is 0. The highest BCUT2D eigenvalue weighted by Gasteiger charge is 2.35. The van der Waals surface area contributed by atoms with Crippen LogP contribution in [0.5, 0.6) is 0 Å². The fourth-order valence-corrected chi connectivity index (χ4v) is 5.03. The molecule has 1 fully saturated rings. The molecule has 0 aliphatic carbocycles. The Morgan fingerprint density at radius 3 is 2.14 bits per heavy atom. The van der Waals surface area contributed by atoms with Crippen molar-refractivity contribution in [2.75, 3.05) is 44.2 Å². The molecule has 2 aliphatic heterocycles. The Balaban J connectivity index is 1.16. The Kier molecular flexibility index (Phi) is 5.77. The van der Waals surface area contributed by atoms with E-state index in [-0.39, 0.29) is 17.7 Å². The molecule has 1 aromatic heterocycles. The summed E-state index contributed by atoms with van der Waals surface area (Å²) in [7, 11) is 0. The Hall–Kier alpha value is -4.37. The zero-order valence-electron chi connectivity index (χ0n) is 20.0. The number of fused-ring (bicyclic) bond motifs is 2. The predicted octanol–water partition coefficient (Wildman–Crippen LogP) is 3.28. The van der Waals surface area contributed by atoms with Crippen LogP contribution in [0.3, 0.4) is 0 Å². The molecule has 1 saturated heterocycles. The van der Waals surface area contributed by atoms with Gasteiger partial charge < -0.3 is 4.90 Å². The van der Waals surface area contributed by atoms with E-state index in [4.69, 9.17) is 0 Å². The van der Waals surface area contributed by atoms with E-state index >= 15 is 0 Å². The summed E-state index contributed by atoms with van der Waals surface area (Å²) in [4.78, 5) is 44.0. The number of anilines is 1. The van der Waals surface area contributed by atoms with Crippen molar-refractivity contribution in [3.05, 3.63) is 95.3 Å². The molecular weight excluding hydrogens is 473 g/mol. The standard InChI is InChI=1S/C28H24FN5O3/c29-20-10-11-23-24(18-20)34(26(35)19-6-2-1-3-7-19)30-25(23)32-15-12-31(13-16-32)14-17-33-27(36)21-8-4-5-9-22(21)28(33)37/h1-11,18H,12-17H2. The van der Waals surface area contributed by atoms with Crippen LogP contribution < -0.4 is 4.90 Å². The first-order chi connectivity index (χ1) is 18.0. The Bertz CT molecular complexity index is 1490. The molecule has 3 aromatic carbocycles. The van der Waals surface area contributed by atoms with Gasteiger partial charge in [0.2, 0.25) is 0 Å². The molecule has 3 heterocycles. The summed E-state index contributed by atoms with van der Waals surface area (Å²) in [5.41, 5.74) is 1.82. The third-order valence-corrected chi connectivity index (χ3v) is 7.03. The van der Waals surface area contributed by atoms with E-state index < -0.39 is 5.82 Å². The van der Waals surface area contributed by atoms with Crippen LogP contribution in [0.4, 0.5) is 10.2 Å². The second kappa shape index (κ2) is 9.25. The number of carbonyl (C=O) groups excluding carboxylic acids is 3. The third kappa shape index (κ3) is 4.07. The summed E-state index contributed by atoms with van der Waals surface area (Å²) in [5.74, 6) is -0.599. The molecule has 0 spiro atoms. The summed E-state index contributed by atoms with van der Waals surface area (Å²) < 4.78 is 15.4. The van der Waals surface area contributed by atoms with E-state index in [0.717, 1.165) is 0 Å². The fraction of sp³-hybridized carbons (Fsp3) is 0.214. The molecule has 0 N–H and O–H groups in total. The van der Waals surface area contributed by atoms with Crippen molar-refractivity contribution in [2.24, 2.45) is 0 Å². The summed E-state index contributed by atoms with van der Waals surface area (Å²) in [6, 6.07) is 20.1. The number of rotatable bonds is 5. The SMILES string of the molecule is O=C1c2ccccc2C(=O)N1CCN1CCN(c2nn(C(=O)c3ccccc3)c3cc(F)ccc23)CC1. The van der Waals surface area contributed by atoms with Crippen LogP contribution in [0.2, 0.25) is 0 Å². The number of halogens is 1. The van der Waals surface area contributed by atoms with Gasteiger partial charge in [0.15, 0.2) is 5.82 Å². The lowest BCUT2D eigenvalue weighted by Gasteiger charge is -2.35. The van der Waals surface area contributed by atoms with Crippen molar-refractivity contribution in [1.82, 2.24) is 19.6 Å². The van der Waals surface area contributed by atoms with Crippen molar-refractivity contribution < 1.29 is 18.8 Å². The Labute approximate surface area is 212 Å². The van der Waals surface area contributed by atoms with Gasteiger partial charge in [-0.15, -0.1) is 5.10 Å². The van der Waals surface area contributed by atoms with Gasteiger partial charge in [0.25, 0.3) is 17.7 Å². The molecule has 0 radical (unpaired) electrons. The summed E-state index contributed by atoms with van der Waals surface area (Å²) in [6.07, 6.45) is 0. The number of imide groups is 1. The molecule has 0 saturated carbocycles. The van der Waals surface area contributed by atoms with Gasteiger partial charge in [0.05, 0.1) is 16.6 Å². The summed E-state index contributed by atoms with van der Waals surface area (Å²) >= 11 is 0. The topological polar surface area (TPSA) is 78.8 Å². The van der Waals surface area contributed by atoms with Gasteiger partial charge in [-0.2, -0.15) is 4.68 Å². The summed E-state index contributed by atoms with van der Waals surface area (Å²) in [5, 5.41) is 5.33. The van der Waals surface area contributed by atoms with Crippen molar-refractivity contribution in [1.29, 1.82) is 0 Å². The van der Waals surface area contributed by atoms with E-state index in [1.807, 2.05) is 6.07 Å². The van der Waals surface area contributed by atoms with Gasteiger partial charge in [-0.1, -0.05) is 30.3 Å². The van der Waals surface area contributed by atoms with Crippen molar-refractivity contribution in [2.45, 2.75) is 0 Å². The van der Waals surface area contributed by atoms with Gasteiger partial charge in [0, 0.05) is 56.3 Å². The minimum atomic E-state index is -0.431. The zero-order chi connectivity index (χ0) is 25.5. The molecule has 0 unspecified atom stereocenters. The Morgan fingerprint density at radius 2 is 1.46 bits per heavy atom. The normalized spacial score (nSPS) is 16.0. The molecule has 2 amide bonds. The van der Waals surface area contributed by atoms with Gasteiger partial charge in [-0.25, -0.2) is 4.39 Å². The lowest BCUT2D eigenvalue weighted by molar-refractivity contribution is 0.0634. The third-order valence-electron chi connectivity index (χ3n) is 7.03. The second-order valence-corrected chi connectivity index (χ2v) is 9.20. The molecule has 9 heteroatoms. The second-order valence-electron chi connectivity index (χ2n) is 9.20. The number of carbonyl (C=O) groups is 3. The number of aromatic nitrogens is 2. The molecular formula is C28H24FN5O3. The van der Waals surface area contributed by atoms with E-state index in [1.165, 1.54) is 21.7 Å². The smallest absolute Gasteiger partial charge is 0.278 e. The number of nitrogens with zero attached hydrogens (tertiary/aromatic N) is 5. The minimum Gasteiger partial charge on any atom is -0.352 e. The van der Waals surface area contributed by atoms with Crippen molar-refractivity contribution in [3.63, 3.8) is 0 Å². The maximum atomic E-state index is 14.1. The number of benzene rings is 3. The maximum absolute atomic E-state index is 14.1. The van der Waals surface area contributed by atoms with Gasteiger partial charge >= 0.3 is 0 Å². The number of amides is 2. The first-order valence-electron chi connectivity index (χ1n) is 12.2. The average Bonchev–Trinajstić information content (AvgIpc) is 3.42. The van der Waals surface area contributed by atoms with Gasteiger partial charge in [-0.3, -0.25) is 24.2 Å². The fourth-order valence-electron chi connectivity index (χ4n) is 5.03. The van der Waals surface area contributed by atoms with Crippen molar-refractivity contribution >= 4 is 34.4 Å². The van der Waals surface area contributed by atoms with E-state index in [1.54, 1.807) is 54.6 Å². The maximum Gasteiger partial charge on any atom is 0.278 e. The highest BCUT2D eigenvalue weighted by molar-refractivity contribution is 6.21. The Morgan fingerprint density at radius 1 is 0.811 bits per heavy atom.